The zero-order chi connectivity index (χ0) is 15.2. The number of aryl methyl sites for hydroxylation is 1. The fourth-order valence-corrected chi connectivity index (χ4v) is 2.47. The van der Waals surface area contributed by atoms with Crippen LogP contribution in [0, 0.1) is 12.7 Å². The van der Waals surface area contributed by atoms with Crippen LogP contribution >= 0.6 is 0 Å². The third kappa shape index (κ3) is 4.51. The predicted molar refractivity (Wildman–Crippen MR) is 80.7 cm³/mol. The minimum absolute atomic E-state index is 0.133. The molecule has 1 aliphatic rings. The van der Waals surface area contributed by atoms with E-state index in [2.05, 4.69) is 10.2 Å². The van der Waals surface area contributed by atoms with E-state index in [4.69, 9.17) is 5.11 Å². The summed E-state index contributed by atoms with van der Waals surface area (Å²) in [5.41, 5.74) is 1.05. The number of anilines is 1. The minimum atomic E-state index is -0.316. The lowest BCUT2D eigenvalue weighted by Crippen LogP contribution is -2.45. The summed E-state index contributed by atoms with van der Waals surface area (Å²) in [6.45, 7) is 2.83. The van der Waals surface area contributed by atoms with Crippen LogP contribution in [-0.4, -0.2) is 41.7 Å². The summed E-state index contributed by atoms with van der Waals surface area (Å²) in [5, 5.41) is 11.7. The maximum Gasteiger partial charge on any atom is 0.238 e. The number of benzene rings is 1. The molecule has 5 heteroatoms. The van der Waals surface area contributed by atoms with E-state index in [1.807, 2.05) is 0 Å². The number of rotatable bonds is 7. The Morgan fingerprint density at radius 3 is 2.81 bits per heavy atom. The maximum absolute atomic E-state index is 13.5. The molecule has 4 nitrogen and oxygen atoms in total. The second kappa shape index (κ2) is 7.52. The summed E-state index contributed by atoms with van der Waals surface area (Å²) < 4.78 is 13.5. The normalized spacial score (nSPS) is 15.0. The number of nitrogens with one attached hydrogen (secondary N) is 1. The number of amides is 1. The van der Waals surface area contributed by atoms with E-state index in [9.17, 15) is 9.18 Å². The molecule has 0 unspecified atom stereocenters. The zero-order valence-corrected chi connectivity index (χ0v) is 12.4. The van der Waals surface area contributed by atoms with Gasteiger partial charge >= 0.3 is 0 Å². The standard InChI is InChI=1S/C16H23FN2O2/c1-12-6-7-13(10-15(12)17)18-16(21)11-19(8-3-9-20)14-4-2-5-14/h6-7,10,14,20H,2-5,8-9,11H2,1H3,(H,18,21). The van der Waals surface area contributed by atoms with Crippen LogP contribution in [0.3, 0.4) is 0 Å². The number of carbonyl (C=O) groups excluding carboxylic acids is 1. The molecule has 1 saturated carbocycles. The molecule has 0 bridgehead atoms. The average Bonchev–Trinajstić information content (AvgIpc) is 2.38. The largest absolute Gasteiger partial charge is 0.396 e. The van der Waals surface area contributed by atoms with Gasteiger partial charge < -0.3 is 10.4 Å². The van der Waals surface area contributed by atoms with Crippen molar-refractivity contribution in [3.8, 4) is 0 Å². The van der Waals surface area contributed by atoms with Crippen molar-refractivity contribution in [2.45, 2.75) is 38.6 Å². The van der Waals surface area contributed by atoms with Crippen molar-refractivity contribution in [3.63, 3.8) is 0 Å². The summed E-state index contributed by atoms with van der Waals surface area (Å²) in [6, 6.07) is 5.14. The van der Waals surface area contributed by atoms with E-state index in [0.717, 1.165) is 19.4 Å². The van der Waals surface area contributed by atoms with Gasteiger partial charge in [-0.05, 0) is 43.9 Å². The monoisotopic (exact) mass is 294 g/mol. The second-order valence-corrected chi connectivity index (χ2v) is 5.64. The summed E-state index contributed by atoms with van der Waals surface area (Å²) in [6.07, 6.45) is 4.09. The van der Waals surface area contributed by atoms with Gasteiger partial charge in [0, 0.05) is 24.9 Å². The van der Waals surface area contributed by atoms with Gasteiger partial charge in [0.25, 0.3) is 0 Å². The Labute approximate surface area is 125 Å². The Kier molecular flexibility index (Phi) is 5.70. The van der Waals surface area contributed by atoms with Gasteiger partial charge in [0.1, 0.15) is 5.82 Å². The molecule has 0 heterocycles. The molecule has 21 heavy (non-hydrogen) atoms. The van der Waals surface area contributed by atoms with Crippen LogP contribution in [-0.2, 0) is 4.79 Å². The van der Waals surface area contributed by atoms with Gasteiger partial charge in [-0.2, -0.15) is 0 Å². The van der Waals surface area contributed by atoms with Crippen LogP contribution in [0.15, 0.2) is 18.2 Å². The zero-order valence-electron chi connectivity index (χ0n) is 12.4. The number of carbonyl (C=O) groups is 1. The Morgan fingerprint density at radius 2 is 2.24 bits per heavy atom. The van der Waals surface area contributed by atoms with E-state index in [1.54, 1.807) is 19.1 Å². The quantitative estimate of drug-likeness (QED) is 0.811. The maximum atomic E-state index is 13.5. The number of hydrogen-bond acceptors (Lipinski definition) is 3. The molecule has 0 spiro atoms. The molecule has 2 rings (SSSR count). The van der Waals surface area contributed by atoms with Gasteiger partial charge in [-0.25, -0.2) is 4.39 Å². The predicted octanol–water partition coefficient (Wildman–Crippen LogP) is 2.31. The minimum Gasteiger partial charge on any atom is -0.396 e. The Bertz CT molecular complexity index is 489. The molecule has 1 fully saturated rings. The summed E-state index contributed by atoms with van der Waals surface area (Å²) >= 11 is 0. The first-order chi connectivity index (χ1) is 10.1. The van der Waals surface area contributed by atoms with Crippen molar-refractivity contribution in [2.75, 3.05) is 25.0 Å². The highest BCUT2D eigenvalue weighted by atomic mass is 19.1. The van der Waals surface area contributed by atoms with E-state index in [1.165, 1.54) is 12.5 Å². The highest BCUT2D eigenvalue weighted by Crippen LogP contribution is 2.24. The molecule has 0 aromatic heterocycles. The lowest BCUT2D eigenvalue weighted by molar-refractivity contribution is -0.118. The molecular formula is C16H23FN2O2. The molecule has 0 radical (unpaired) electrons. The van der Waals surface area contributed by atoms with Gasteiger partial charge in [-0.1, -0.05) is 12.5 Å². The van der Waals surface area contributed by atoms with Crippen LogP contribution < -0.4 is 5.32 Å². The molecule has 0 aliphatic heterocycles. The van der Waals surface area contributed by atoms with Crippen LogP contribution in [0.5, 0.6) is 0 Å². The number of hydrogen-bond donors (Lipinski definition) is 2. The number of halogens is 1. The summed E-state index contributed by atoms with van der Waals surface area (Å²) in [5.74, 6) is -0.452. The summed E-state index contributed by atoms with van der Waals surface area (Å²) in [4.78, 5) is 14.2. The molecule has 0 saturated heterocycles. The molecule has 0 atom stereocenters. The summed E-state index contributed by atoms with van der Waals surface area (Å²) in [7, 11) is 0. The fourth-order valence-electron chi connectivity index (χ4n) is 2.47. The smallest absolute Gasteiger partial charge is 0.238 e. The molecule has 2 N–H and O–H groups in total. The van der Waals surface area contributed by atoms with E-state index < -0.39 is 0 Å². The molecule has 1 aromatic rings. The van der Waals surface area contributed by atoms with E-state index >= 15 is 0 Å². The van der Waals surface area contributed by atoms with Crippen LogP contribution in [0.25, 0.3) is 0 Å². The number of nitrogens with zero attached hydrogens (tertiary/aromatic N) is 1. The number of aliphatic hydroxyl groups excluding tert-OH is 1. The van der Waals surface area contributed by atoms with Crippen molar-refractivity contribution in [2.24, 2.45) is 0 Å². The van der Waals surface area contributed by atoms with Gasteiger partial charge in [0.05, 0.1) is 6.54 Å². The Hall–Kier alpha value is -1.46. The van der Waals surface area contributed by atoms with E-state index in [-0.39, 0.29) is 18.3 Å². The third-order valence-corrected chi connectivity index (χ3v) is 4.00. The van der Waals surface area contributed by atoms with E-state index in [0.29, 0.717) is 30.3 Å². The third-order valence-electron chi connectivity index (χ3n) is 4.00. The lowest BCUT2D eigenvalue weighted by Gasteiger charge is -2.37. The first-order valence-electron chi connectivity index (χ1n) is 7.51. The topological polar surface area (TPSA) is 52.6 Å². The second-order valence-electron chi connectivity index (χ2n) is 5.64. The van der Waals surface area contributed by atoms with Gasteiger partial charge in [-0.15, -0.1) is 0 Å². The molecule has 1 aliphatic carbocycles. The van der Waals surface area contributed by atoms with Crippen molar-refractivity contribution in [1.82, 2.24) is 4.90 Å². The fraction of sp³-hybridized carbons (Fsp3) is 0.562. The van der Waals surface area contributed by atoms with Crippen molar-refractivity contribution in [1.29, 1.82) is 0 Å². The highest BCUT2D eigenvalue weighted by Gasteiger charge is 2.26. The Morgan fingerprint density at radius 1 is 1.48 bits per heavy atom. The first-order valence-corrected chi connectivity index (χ1v) is 7.51. The van der Waals surface area contributed by atoms with Gasteiger partial charge in [-0.3, -0.25) is 9.69 Å². The molecular weight excluding hydrogens is 271 g/mol. The van der Waals surface area contributed by atoms with Crippen molar-refractivity contribution >= 4 is 11.6 Å². The SMILES string of the molecule is Cc1ccc(NC(=O)CN(CCCO)C2CCC2)cc1F. The molecule has 1 amide bonds. The van der Waals surface area contributed by atoms with Gasteiger partial charge in [0.2, 0.25) is 5.91 Å². The average molecular weight is 294 g/mol. The van der Waals surface area contributed by atoms with Crippen LogP contribution in [0.2, 0.25) is 0 Å². The van der Waals surface area contributed by atoms with Crippen LogP contribution in [0.1, 0.15) is 31.2 Å². The molecule has 1 aromatic carbocycles. The van der Waals surface area contributed by atoms with Crippen LogP contribution in [0.4, 0.5) is 10.1 Å². The highest BCUT2D eigenvalue weighted by molar-refractivity contribution is 5.92. The number of aliphatic hydroxyl groups is 1. The lowest BCUT2D eigenvalue weighted by atomic mass is 9.91. The van der Waals surface area contributed by atoms with Crippen molar-refractivity contribution in [3.05, 3.63) is 29.6 Å². The first kappa shape index (κ1) is 15.9. The van der Waals surface area contributed by atoms with Gasteiger partial charge in [0.15, 0.2) is 0 Å². The Balaban J connectivity index is 1.90. The molecule has 116 valence electrons. The van der Waals surface area contributed by atoms with Crippen molar-refractivity contribution < 1.29 is 14.3 Å².